The molecule has 0 saturated carbocycles. The van der Waals surface area contributed by atoms with Crippen molar-refractivity contribution < 1.29 is 28.9 Å². The standard InChI is InChI=1S/C13H15NO6/c1-18-6-9(13(16)17)14-12(15)5-8-2-3-10-11(4-8)20-7-19-10/h2-4,9H,5-7H2,1H3,(H,14,15)(H,16,17). The summed E-state index contributed by atoms with van der Waals surface area (Å²) in [5.41, 5.74) is 0.716. The third-order valence-corrected chi connectivity index (χ3v) is 2.77. The van der Waals surface area contributed by atoms with Crippen LogP contribution in [0.15, 0.2) is 18.2 Å². The van der Waals surface area contributed by atoms with Crippen molar-refractivity contribution in [3.63, 3.8) is 0 Å². The Bertz CT molecular complexity index is 516. The van der Waals surface area contributed by atoms with Gasteiger partial charge in [-0.3, -0.25) is 4.79 Å². The second-order valence-electron chi connectivity index (χ2n) is 4.28. The summed E-state index contributed by atoms with van der Waals surface area (Å²) >= 11 is 0. The predicted octanol–water partition coefficient (Wildman–Crippen LogP) is 0.174. The fourth-order valence-electron chi connectivity index (χ4n) is 1.82. The Kier molecular flexibility index (Phi) is 4.41. The van der Waals surface area contributed by atoms with Gasteiger partial charge in [0.2, 0.25) is 12.7 Å². The minimum absolute atomic E-state index is 0.0597. The van der Waals surface area contributed by atoms with Crippen molar-refractivity contribution in [2.24, 2.45) is 0 Å². The summed E-state index contributed by atoms with van der Waals surface area (Å²) in [7, 11) is 1.37. The Balaban J connectivity index is 1.95. The van der Waals surface area contributed by atoms with Gasteiger partial charge in [-0.15, -0.1) is 0 Å². The fourth-order valence-corrected chi connectivity index (χ4v) is 1.82. The van der Waals surface area contributed by atoms with Crippen LogP contribution in [0.5, 0.6) is 11.5 Å². The molecule has 1 aliphatic rings. The number of nitrogens with one attached hydrogen (secondary N) is 1. The van der Waals surface area contributed by atoms with E-state index in [1.165, 1.54) is 7.11 Å². The smallest absolute Gasteiger partial charge is 0.328 e. The van der Waals surface area contributed by atoms with Gasteiger partial charge in [-0.05, 0) is 17.7 Å². The molecular weight excluding hydrogens is 266 g/mol. The topological polar surface area (TPSA) is 94.1 Å². The zero-order valence-electron chi connectivity index (χ0n) is 10.9. The third kappa shape index (κ3) is 3.39. The summed E-state index contributed by atoms with van der Waals surface area (Å²) in [4.78, 5) is 22.7. The lowest BCUT2D eigenvalue weighted by Crippen LogP contribution is -2.44. The number of benzene rings is 1. The number of fused-ring (bicyclic) bond motifs is 1. The number of carboxylic acid groups (broad SMARTS) is 1. The van der Waals surface area contributed by atoms with E-state index in [-0.39, 0.29) is 19.8 Å². The van der Waals surface area contributed by atoms with Gasteiger partial charge in [-0.25, -0.2) is 4.79 Å². The molecule has 1 unspecified atom stereocenters. The number of methoxy groups -OCH3 is 1. The van der Waals surface area contributed by atoms with E-state index in [0.29, 0.717) is 17.1 Å². The largest absolute Gasteiger partial charge is 0.480 e. The Morgan fingerprint density at radius 1 is 1.40 bits per heavy atom. The van der Waals surface area contributed by atoms with Crippen LogP contribution in [0.3, 0.4) is 0 Å². The zero-order valence-corrected chi connectivity index (χ0v) is 10.9. The van der Waals surface area contributed by atoms with Gasteiger partial charge in [0.05, 0.1) is 13.0 Å². The highest BCUT2D eigenvalue weighted by Crippen LogP contribution is 2.32. The average molecular weight is 281 g/mol. The van der Waals surface area contributed by atoms with Crippen molar-refractivity contribution in [3.8, 4) is 11.5 Å². The van der Waals surface area contributed by atoms with Gasteiger partial charge in [-0.1, -0.05) is 6.07 Å². The first kappa shape index (κ1) is 14.1. The molecule has 2 N–H and O–H groups in total. The number of carbonyl (C=O) groups excluding carboxylic acids is 1. The maximum Gasteiger partial charge on any atom is 0.328 e. The van der Waals surface area contributed by atoms with Gasteiger partial charge in [0.1, 0.15) is 0 Å². The molecule has 2 rings (SSSR count). The van der Waals surface area contributed by atoms with Gasteiger partial charge in [0.25, 0.3) is 0 Å². The van der Waals surface area contributed by atoms with E-state index in [0.717, 1.165) is 0 Å². The fraction of sp³-hybridized carbons (Fsp3) is 0.385. The maximum absolute atomic E-state index is 11.8. The van der Waals surface area contributed by atoms with Gasteiger partial charge in [0, 0.05) is 7.11 Å². The van der Waals surface area contributed by atoms with Crippen LogP contribution in [0.25, 0.3) is 0 Å². The molecule has 0 saturated heterocycles. The quantitative estimate of drug-likeness (QED) is 0.772. The third-order valence-electron chi connectivity index (χ3n) is 2.77. The highest BCUT2D eigenvalue weighted by molar-refractivity contribution is 5.85. The number of hydrogen-bond acceptors (Lipinski definition) is 5. The number of carbonyl (C=O) groups is 2. The molecule has 1 heterocycles. The molecular formula is C13H15NO6. The van der Waals surface area contributed by atoms with E-state index in [9.17, 15) is 9.59 Å². The second kappa shape index (κ2) is 6.25. The molecule has 108 valence electrons. The first-order valence-electron chi connectivity index (χ1n) is 6.00. The summed E-state index contributed by atoms with van der Waals surface area (Å²) in [6, 6.07) is 4.10. The van der Waals surface area contributed by atoms with E-state index in [2.05, 4.69) is 5.32 Å². The monoisotopic (exact) mass is 281 g/mol. The lowest BCUT2D eigenvalue weighted by molar-refractivity contribution is -0.143. The Morgan fingerprint density at radius 3 is 2.85 bits per heavy atom. The molecule has 0 fully saturated rings. The van der Waals surface area contributed by atoms with E-state index in [4.69, 9.17) is 19.3 Å². The molecule has 20 heavy (non-hydrogen) atoms. The first-order chi connectivity index (χ1) is 9.60. The van der Waals surface area contributed by atoms with Gasteiger partial charge >= 0.3 is 5.97 Å². The van der Waals surface area contributed by atoms with Crippen molar-refractivity contribution in [2.45, 2.75) is 12.5 Å². The van der Waals surface area contributed by atoms with Crippen LogP contribution in [0.4, 0.5) is 0 Å². The average Bonchev–Trinajstić information content (AvgIpc) is 2.85. The van der Waals surface area contributed by atoms with E-state index in [1.54, 1.807) is 18.2 Å². The highest BCUT2D eigenvalue weighted by Gasteiger charge is 2.20. The van der Waals surface area contributed by atoms with Crippen LogP contribution in [0, 0.1) is 0 Å². The van der Waals surface area contributed by atoms with Crippen LogP contribution >= 0.6 is 0 Å². The van der Waals surface area contributed by atoms with E-state index < -0.39 is 17.9 Å². The van der Waals surface area contributed by atoms with Crippen molar-refractivity contribution in [1.29, 1.82) is 0 Å². The molecule has 0 bridgehead atoms. The molecule has 1 atom stereocenters. The number of hydrogen-bond donors (Lipinski definition) is 2. The summed E-state index contributed by atoms with van der Waals surface area (Å²) < 4.78 is 15.1. The number of rotatable bonds is 6. The minimum Gasteiger partial charge on any atom is -0.480 e. The summed E-state index contributed by atoms with van der Waals surface area (Å²) in [5.74, 6) is -0.307. The zero-order chi connectivity index (χ0) is 14.5. The first-order valence-corrected chi connectivity index (χ1v) is 6.00. The number of carboxylic acids is 1. The van der Waals surface area contributed by atoms with E-state index >= 15 is 0 Å². The number of aliphatic carboxylic acids is 1. The predicted molar refractivity (Wildman–Crippen MR) is 67.7 cm³/mol. The molecule has 0 aromatic heterocycles. The van der Waals surface area contributed by atoms with Crippen molar-refractivity contribution >= 4 is 11.9 Å². The van der Waals surface area contributed by atoms with Crippen molar-refractivity contribution in [3.05, 3.63) is 23.8 Å². The number of ether oxygens (including phenoxy) is 3. The molecule has 0 aliphatic carbocycles. The molecule has 0 radical (unpaired) electrons. The second-order valence-corrected chi connectivity index (χ2v) is 4.28. The summed E-state index contributed by atoms with van der Waals surface area (Å²) in [5, 5.41) is 11.3. The molecule has 7 heteroatoms. The van der Waals surface area contributed by atoms with Gasteiger partial charge in [0.15, 0.2) is 17.5 Å². The SMILES string of the molecule is COCC(NC(=O)Cc1ccc2c(c1)OCO2)C(=O)O. The lowest BCUT2D eigenvalue weighted by atomic mass is 10.1. The Labute approximate surface area is 115 Å². The number of amides is 1. The van der Waals surface area contributed by atoms with Crippen LogP contribution in [-0.4, -0.2) is 43.5 Å². The minimum atomic E-state index is -1.13. The highest BCUT2D eigenvalue weighted by atomic mass is 16.7. The van der Waals surface area contributed by atoms with Crippen LogP contribution in [-0.2, 0) is 20.7 Å². The van der Waals surface area contributed by atoms with Crippen molar-refractivity contribution in [1.82, 2.24) is 5.32 Å². The Morgan fingerprint density at radius 2 is 2.15 bits per heavy atom. The molecule has 1 amide bonds. The summed E-state index contributed by atoms with van der Waals surface area (Å²) in [6.07, 6.45) is 0.0597. The Hall–Kier alpha value is -2.28. The van der Waals surface area contributed by atoms with Crippen molar-refractivity contribution in [2.75, 3.05) is 20.5 Å². The van der Waals surface area contributed by atoms with Crippen LogP contribution in [0.2, 0.25) is 0 Å². The molecule has 0 spiro atoms. The molecule has 1 aromatic rings. The normalized spacial score (nSPS) is 13.8. The van der Waals surface area contributed by atoms with Gasteiger partial charge < -0.3 is 24.6 Å². The lowest BCUT2D eigenvalue weighted by Gasteiger charge is -2.13. The molecule has 1 aromatic carbocycles. The molecule has 7 nitrogen and oxygen atoms in total. The van der Waals surface area contributed by atoms with E-state index in [1.807, 2.05) is 0 Å². The summed E-state index contributed by atoms with van der Waals surface area (Å²) in [6.45, 7) is 0.0854. The maximum atomic E-state index is 11.8. The molecule has 1 aliphatic heterocycles. The van der Waals surface area contributed by atoms with Crippen LogP contribution < -0.4 is 14.8 Å². The van der Waals surface area contributed by atoms with Crippen LogP contribution in [0.1, 0.15) is 5.56 Å². The van der Waals surface area contributed by atoms with Gasteiger partial charge in [-0.2, -0.15) is 0 Å².